The molecule has 0 saturated carbocycles. The molecule has 1 aliphatic rings. The van der Waals surface area contributed by atoms with Crippen LogP contribution >= 0.6 is 15.9 Å². The lowest BCUT2D eigenvalue weighted by molar-refractivity contribution is 0.298. The van der Waals surface area contributed by atoms with E-state index in [1.165, 1.54) is 11.1 Å². The standard InChI is InChI=1S/C22H30BrFO2/c1-7-14(18(24)12-25)17-11-16-15(13(3)4)9-10-22(5,6)19(16)20(23)21(17)26-8-2/h9,11,13,25H,7-8,10,12H2,1-6H3/b18-14+. The maximum atomic E-state index is 14.4. The Morgan fingerprint density at radius 3 is 2.50 bits per heavy atom. The molecule has 144 valence electrons. The number of aliphatic hydroxyl groups excluding tert-OH is 1. The van der Waals surface area contributed by atoms with Gasteiger partial charge < -0.3 is 9.84 Å². The summed E-state index contributed by atoms with van der Waals surface area (Å²) >= 11 is 3.78. The van der Waals surface area contributed by atoms with Crippen molar-refractivity contribution in [1.82, 2.24) is 0 Å². The van der Waals surface area contributed by atoms with Crippen LogP contribution in [0.25, 0.3) is 11.1 Å². The molecule has 0 fully saturated rings. The van der Waals surface area contributed by atoms with Crippen LogP contribution in [0, 0.1) is 5.92 Å². The molecular formula is C22H30BrFO2. The predicted octanol–water partition coefficient (Wildman–Crippen LogP) is 6.65. The highest BCUT2D eigenvalue weighted by Gasteiger charge is 2.34. The van der Waals surface area contributed by atoms with Crippen molar-refractivity contribution in [3.8, 4) is 5.75 Å². The van der Waals surface area contributed by atoms with E-state index in [0.29, 0.717) is 30.3 Å². The van der Waals surface area contributed by atoms with Crippen molar-refractivity contribution in [3.63, 3.8) is 0 Å². The summed E-state index contributed by atoms with van der Waals surface area (Å²) in [5.41, 5.74) is 4.85. The quantitative estimate of drug-likeness (QED) is 0.553. The highest BCUT2D eigenvalue weighted by atomic mass is 79.9. The first-order chi connectivity index (χ1) is 12.2. The van der Waals surface area contributed by atoms with E-state index >= 15 is 0 Å². The van der Waals surface area contributed by atoms with E-state index < -0.39 is 12.4 Å². The van der Waals surface area contributed by atoms with Crippen LogP contribution in [-0.2, 0) is 5.41 Å². The Morgan fingerprint density at radius 1 is 1.35 bits per heavy atom. The Labute approximate surface area is 165 Å². The molecule has 0 heterocycles. The van der Waals surface area contributed by atoms with E-state index in [4.69, 9.17) is 4.74 Å². The van der Waals surface area contributed by atoms with Crippen molar-refractivity contribution in [2.24, 2.45) is 5.92 Å². The van der Waals surface area contributed by atoms with Crippen molar-refractivity contribution in [1.29, 1.82) is 0 Å². The van der Waals surface area contributed by atoms with Gasteiger partial charge in [-0.05, 0) is 75.4 Å². The Balaban J connectivity index is 2.90. The van der Waals surface area contributed by atoms with Gasteiger partial charge in [-0.3, -0.25) is 0 Å². The van der Waals surface area contributed by atoms with Gasteiger partial charge in [-0.1, -0.05) is 40.7 Å². The monoisotopic (exact) mass is 424 g/mol. The van der Waals surface area contributed by atoms with Crippen molar-refractivity contribution in [3.05, 3.63) is 39.1 Å². The number of rotatable bonds is 6. The van der Waals surface area contributed by atoms with Crippen LogP contribution in [0.1, 0.15) is 71.1 Å². The molecule has 0 atom stereocenters. The number of benzene rings is 1. The molecule has 0 amide bonds. The van der Waals surface area contributed by atoms with Gasteiger partial charge in [-0.25, -0.2) is 4.39 Å². The zero-order valence-corrected chi connectivity index (χ0v) is 18.3. The van der Waals surface area contributed by atoms with E-state index in [-0.39, 0.29) is 5.41 Å². The van der Waals surface area contributed by atoms with Crippen molar-refractivity contribution in [2.75, 3.05) is 13.2 Å². The summed E-state index contributed by atoms with van der Waals surface area (Å²) in [5.74, 6) is 0.550. The van der Waals surface area contributed by atoms with Crippen molar-refractivity contribution < 1.29 is 14.2 Å². The smallest absolute Gasteiger partial charge is 0.141 e. The van der Waals surface area contributed by atoms with Gasteiger partial charge in [0.05, 0.1) is 17.7 Å². The van der Waals surface area contributed by atoms with Crippen molar-refractivity contribution in [2.45, 2.75) is 59.8 Å². The molecule has 2 rings (SSSR count). The lowest BCUT2D eigenvalue weighted by Gasteiger charge is -2.36. The third-order valence-corrected chi connectivity index (χ3v) is 5.85. The molecule has 0 spiro atoms. The summed E-state index contributed by atoms with van der Waals surface area (Å²) < 4.78 is 21.3. The van der Waals surface area contributed by atoms with Gasteiger partial charge >= 0.3 is 0 Å². The molecule has 0 aromatic heterocycles. The molecule has 26 heavy (non-hydrogen) atoms. The highest BCUT2D eigenvalue weighted by Crippen LogP contribution is 2.50. The van der Waals surface area contributed by atoms with Gasteiger partial charge in [0.2, 0.25) is 0 Å². The topological polar surface area (TPSA) is 29.5 Å². The van der Waals surface area contributed by atoms with Gasteiger partial charge in [-0.15, -0.1) is 0 Å². The SMILES string of the molecule is CCOc1c(/C(CC)=C(/F)CO)cc2c(c1Br)C(C)(C)CC=C2C(C)C. The lowest BCUT2D eigenvalue weighted by Crippen LogP contribution is -2.24. The first-order valence-corrected chi connectivity index (χ1v) is 10.2. The number of allylic oxidation sites excluding steroid dienone is 3. The van der Waals surface area contributed by atoms with Gasteiger partial charge in [0.15, 0.2) is 0 Å². The van der Waals surface area contributed by atoms with E-state index in [2.05, 4.69) is 55.8 Å². The van der Waals surface area contributed by atoms with E-state index in [1.807, 2.05) is 13.8 Å². The van der Waals surface area contributed by atoms with Crippen LogP contribution in [0.3, 0.4) is 0 Å². The molecule has 1 aromatic rings. The van der Waals surface area contributed by atoms with E-state index in [9.17, 15) is 9.50 Å². The zero-order chi connectivity index (χ0) is 19.6. The van der Waals surface area contributed by atoms with E-state index in [1.54, 1.807) is 0 Å². The van der Waals surface area contributed by atoms with Crippen LogP contribution in [0.4, 0.5) is 4.39 Å². The average molecular weight is 425 g/mol. The number of ether oxygens (including phenoxy) is 1. The number of fused-ring (bicyclic) bond motifs is 1. The lowest BCUT2D eigenvalue weighted by atomic mass is 9.70. The molecule has 0 aliphatic heterocycles. The summed E-state index contributed by atoms with van der Waals surface area (Å²) in [7, 11) is 0. The van der Waals surface area contributed by atoms with Crippen LogP contribution < -0.4 is 4.74 Å². The maximum absolute atomic E-state index is 14.4. The molecule has 2 nitrogen and oxygen atoms in total. The largest absolute Gasteiger partial charge is 0.492 e. The number of hydrogen-bond acceptors (Lipinski definition) is 2. The highest BCUT2D eigenvalue weighted by molar-refractivity contribution is 9.10. The minimum Gasteiger partial charge on any atom is -0.492 e. The first-order valence-electron chi connectivity index (χ1n) is 9.38. The van der Waals surface area contributed by atoms with Crippen LogP contribution in [0.15, 0.2) is 22.4 Å². The van der Waals surface area contributed by atoms with Gasteiger partial charge in [0, 0.05) is 5.56 Å². The molecule has 1 aromatic carbocycles. The molecule has 1 aliphatic carbocycles. The summed E-state index contributed by atoms with van der Waals surface area (Å²) in [6.07, 6.45) is 3.75. The van der Waals surface area contributed by atoms with Gasteiger partial charge in [-0.2, -0.15) is 0 Å². The van der Waals surface area contributed by atoms with Gasteiger partial charge in [0.1, 0.15) is 11.6 Å². The second-order valence-electron chi connectivity index (χ2n) is 7.72. The third-order valence-electron chi connectivity index (χ3n) is 5.10. The summed E-state index contributed by atoms with van der Waals surface area (Å²) in [5, 5.41) is 9.35. The first kappa shape index (κ1) is 21.2. The molecule has 1 N–H and O–H groups in total. The Hall–Kier alpha value is -1.13. The van der Waals surface area contributed by atoms with Crippen molar-refractivity contribution >= 4 is 27.1 Å². The molecule has 0 saturated heterocycles. The molecule has 0 radical (unpaired) electrons. The Kier molecular flexibility index (Phi) is 6.73. The molecule has 4 heteroatoms. The Morgan fingerprint density at radius 2 is 2.00 bits per heavy atom. The fraction of sp³-hybridized carbons (Fsp3) is 0.545. The fourth-order valence-corrected chi connectivity index (χ4v) is 4.86. The zero-order valence-electron chi connectivity index (χ0n) is 16.7. The Bertz CT molecular complexity index is 745. The normalized spacial score (nSPS) is 16.9. The van der Waals surface area contributed by atoms with E-state index in [0.717, 1.165) is 22.0 Å². The predicted molar refractivity (Wildman–Crippen MR) is 111 cm³/mol. The minimum atomic E-state index is -0.595. The third kappa shape index (κ3) is 3.77. The minimum absolute atomic E-state index is 0.0391. The second kappa shape index (κ2) is 8.26. The number of halogens is 2. The van der Waals surface area contributed by atoms with Crippen LogP contribution in [0.2, 0.25) is 0 Å². The summed E-state index contributed by atoms with van der Waals surface area (Å²) in [6.45, 7) is 12.5. The van der Waals surface area contributed by atoms with Gasteiger partial charge in [0.25, 0.3) is 0 Å². The fourth-order valence-electron chi connectivity index (χ4n) is 3.78. The van der Waals surface area contributed by atoms with Crippen LogP contribution in [-0.4, -0.2) is 18.3 Å². The number of aliphatic hydroxyl groups is 1. The maximum Gasteiger partial charge on any atom is 0.141 e. The molecule has 0 unspecified atom stereocenters. The summed E-state index contributed by atoms with van der Waals surface area (Å²) in [4.78, 5) is 0. The van der Waals surface area contributed by atoms with Crippen LogP contribution in [0.5, 0.6) is 5.75 Å². The summed E-state index contributed by atoms with van der Waals surface area (Å²) in [6, 6.07) is 2.06. The molecule has 0 bridgehead atoms. The second-order valence-corrected chi connectivity index (χ2v) is 8.51. The number of hydrogen-bond donors (Lipinski definition) is 1. The molecular weight excluding hydrogens is 395 g/mol. The average Bonchev–Trinajstić information content (AvgIpc) is 2.57.